The van der Waals surface area contributed by atoms with Crippen LogP contribution in [0.15, 0.2) is 24.3 Å². The van der Waals surface area contributed by atoms with Gasteiger partial charge in [0.25, 0.3) is 0 Å². The van der Waals surface area contributed by atoms with E-state index in [9.17, 15) is 8.42 Å². The molecule has 1 aromatic rings. The van der Waals surface area contributed by atoms with Crippen LogP contribution in [0.4, 0.5) is 0 Å². The monoisotopic (exact) mass is 330 g/mol. The van der Waals surface area contributed by atoms with E-state index in [1.165, 1.54) is 0 Å². The highest BCUT2D eigenvalue weighted by atomic mass is 35.5. The molecule has 118 valence electrons. The van der Waals surface area contributed by atoms with Crippen LogP contribution in [0.2, 0.25) is 5.02 Å². The minimum atomic E-state index is -3.22. The van der Waals surface area contributed by atoms with Crippen LogP contribution < -0.4 is 4.72 Å². The fourth-order valence-electron chi connectivity index (χ4n) is 2.82. The Labute approximate surface area is 132 Å². The standard InChI is InChI=1S/C15H23ClN2O2S/c1-18(2)15(12-6-5-7-13(16)10-12)11-17-21(19,20)14-8-3-4-9-14/h5-7,10,14-15,17H,3-4,8-9,11H2,1-2H3. The van der Waals surface area contributed by atoms with Crippen molar-refractivity contribution in [3.05, 3.63) is 34.9 Å². The summed E-state index contributed by atoms with van der Waals surface area (Å²) in [6.07, 6.45) is 3.58. The van der Waals surface area contributed by atoms with Gasteiger partial charge in [0, 0.05) is 17.6 Å². The van der Waals surface area contributed by atoms with Gasteiger partial charge in [-0.1, -0.05) is 36.6 Å². The highest BCUT2D eigenvalue weighted by molar-refractivity contribution is 7.90. The zero-order chi connectivity index (χ0) is 15.5. The molecule has 0 saturated heterocycles. The number of nitrogens with one attached hydrogen (secondary N) is 1. The van der Waals surface area contributed by atoms with E-state index in [-0.39, 0.29) is 11.3 Å². The molecule has 1 aliphatic rings. The molecule has 21 heavy (non-hydrogen) atoms. The average Bonchev–Trinajstić information content (AvgIpc) is 2.93. The second-order valence-electron chi connectivity index (χ2n) is 5.83. The molecule has 1 unspecified atom stereocenters. The summed E-state index contributed by atoms with van der Waals surface area (Å²) in [6, 6.07) is 7.54. The SMILES string of the molecule is CN(C)C(CNS(=O)(=O)C1CCCC1)c1cccc(Cl)c1. The minimum absolute atomic E-state index is 0.0279. The van der Waals surface area contributed by atoms with Crippen molar-refractivity contribution in [1.29, 1.82) is 0 Å². The summed E-state index contributed by atoms with van der Waals surface area (Å²) in [5.41, 5.74) is 1.02. The number of nitrogens with zero attached hydrogens (tertiary/aromatic N) is 1. The molecular weight excluding hydrogens is 308 g/mol. The maximum atomic E-state index is 12.3. The number of likely N-dealkylation sites (N-methyl/N-ethyl adjacent to an activating group) is 1. The number of rotatable bonds is 6. The number of halogens is 1. The normalized spacial score (nSPS) is 18.3. The van der Waals surface area contributed by atoms with Gasteiger partial charge in [0.05, 0.1) is 5.25 Å². The maximum absolute atomic E-state index is 12.3. The van der Waals surface area contributed by atoms with E-state index in [4.69, 9.17) is 11.6 Å². The summed E-state index contributed by atoms with van der Waals surface area (Å²) in [7, 11) is 0.663. The van der Waals surface area contributed by atoms with E-state index in [0.717, 1.165) is 31.2 Å². The second-order valence-corrected chi connectivity index (χ2v) is 8.32. The fraction of sp³-hybridized carbons (Fsp3) is 0.600. The Morgan fingerprint density at radius 1 is 1.33 bits per heavy atom. The Bertz CT molecular complexity index is 569. The predicted molar refractivity (Wildman–Crippen MR) is 87.1 cm³/mol. The summed E-state index contributed by atoms with van der Waals surface area (Å²) in [6.45, 7) is 0.367. The molecule has 0 bridgehead atoms. The maximum Gasteiger partial charge on any atom is 0.214 e. The van der Waals surface area contributed by atoms with Crippen molar-refractivity contribution in [2.45, 2.75) is 37.0 Å². The summed E-state index contributed by atoms with van der Waals surface area (Å²) < 4.78 is 27.4. The molecule has 1 aromatic carbocycles. The van der Waals surface area contributed by atoms with Gasteiger partial charge < -0.3 is 4.90 Å². The molecule has 0 radical (unpaired) electrons. The van der Waals surface area contributed by atoms with E-state index < -0.39 is 10.0 Å². The molecule has 1 fully saturated rings. The first-order chi connectivity index (χ1) is 9.90. The van der Waals surface area contributed by atoms with Crippen molar-refractivity contribution in [3.8, 4) is 0 Å². The average molecular weight is 331 g/mol. The number of sulfonamides is 1. The first-order valence-corrected chi connectivity index (χ1v) is 9.23. The number of hydrogen-bond acceptors (Lipinski definition) is 3. The molecule has 1 N–H and O–H groups in total. The quantitative estimate of drug-likeness (QED) is 0.872. The third kappa shape index (κ3) is 4.42. The molecule has 6 heteroatoms. The first-order valence-electron chi connectivity index (χ1n) is 7.30. The van der Waals surface area contributed by atoms with Gasteiger partial charge in [-0.15, -0.1) is 0 Å². The smallest absolute Gasteiger partial charge is 0.214 e. The molecule has 1 aliphatic carbocycles. The van der Waals surface area contributed by atoms with Gasteiger partial charge in [0.1, 0.15) is 0 Å². The third-order valence-electron chi connectivity index (χ3n) is 4.08. The van der Waals surface area contributed by atoms with Gasteiger partial charge in [-0.2, -0.15) is 0 Å². The zero-order valence-corrected chi connectivity index (χ0v) is 14.1. The minimum Gasteiger partial charge on any atom is -0.301 e. The highest BCUT2D eigenvalue weighted by Crippen LogP contribution is 2.25. The summed E-state index contributed by atoms with van der Waals surface area (Å²) in [5.74, 6) is 0. The van der Waals surface area contributed by atoms with Crippen LogP contribution in [0, 0.1) is 0 Å². The molecule has 0 heterocycles. The molecule has 1 saturated carbocycles. The van der Waals surface area contributed by atoms with Crippen molar-refractivity contribution < 1.29 is 8.42 Å². The van der Waals surface area contributed by atoms with E-state index in [2.05, 4.69) is 4.72 Å². The molecule has 0 aliphatic heterocycles. The van der Waals surface area contributed by atoms with Crippen LogP contribution in [0.3, 0.4) is 0 Å². The largest absolute Gasteiger partial charge is 0.301 e. The lowest BCUT2D eigenvalue weighted by atomic mass is 10.1. The van der Waals surface area contributed by atoms with Gasteiger partial charge in [0.2, 0.25) is 10.0 Å². The Kier molecular flexibility index (Phi) is 5.66. The molecular formula is C15H23ClN2O2S. The van der Waals surface area contributed by atoms with Crippen LogP contribution >= 0.6 is 11.6 Å². The van der Waals surface area contributed by atoms with Crippen molar-refractivity contribution in [2.75, 3.05) is 20.6 Å². The van der Waals surface area contributed by atoms with Gasteiger partial charge in [-0.05, 0) is 44.6 Å². The zero-order valence-electron chi connectivity index (χ0n) is 12.5. The van der Waals surface area contributed by atoms with Crippen LogP contribution in [-0.4, -0.2) is 39.2 Å². The van der Waals surface area contributed by atoms with Crippen LogP contribution in [-0.2, 0) is 10.0 Å². The molecule has 2 rings (SSSR count). The number of benzene rings is 1. The van der Waals surface area contributed by atoms with Crippen LogP contribution in [0.1, 0.15) is 37.3 Å². The van der Waals surface area contributed by atoms with Crippen molar-refractivity contribution in [3.63, 3.8) is 0 Å². The van der Waals surface area contributed by atoms with Gasteiger partial charge in [-0.25, -0.2) is 13.1 Å². The van der Waals surface area contributed by atoms with Crippen molar-refractivity contribution >= 4 is 21.6 Å². The lowest BCUT2D eigenvalue weighted by molar-refractivity contribution is 0.299. The lowest BCUT2D eigenvalue weighted by Gasteiger charge is -2.26. The summed E-state index contributed by atoms with van der Waals surface area (Å²) in [4.78, 5) is 2.00. The van der Waals surface area contributed by atoms with E-state index in [1.54, 1.807) is 0 Å². The van der Waals surface area contributed by atoms with E-state index >= 15 is 0 Å². The lowest BCUT2D eigenvalue weighted by Crippen LogP contribution is -2.38. The molecule has 0 amide bonds. The van der Waals surface area contributed by atoms with Gasteiger partial charge >= 0.3 is 0 Å². The van der Waals surface area contributed by atoms with Gasteiger partial charge in [0.15, 0.2) is 0 Å². The molecule has 4 nitrogen and oxygen atoms in total. The predicted octanol–water partition coefficient (Wildman–Crippen LogP) is 2.80. The van der Waals surface area contributed by atoms with Crippen LogP contribution in [0.5, 0.6) is 0 Å². The van der Waals surface area contributed by atoms with Gasteiger partial charge in [-0.3, -0.25) is 0 Å². The Hall–Kier alpha value is -0.620. The topological polar surface area (TPSA) is 49.4 Å². The van der Waals surface area contributed by atoms with Crippen molar-refractivity contribution in [2.24, 2.45) is 0 Å². The van der Waals surface area contributed by atoms with Crippen molar-refractivity contribution in [1.82, 2.24) is 9.62 Å². The molecule has 0 aromatic heterocycles. The fourth-order valence-corrected chi connectivity index (χ4v) is 4.60. The van der Waals surface area contributed by atoms with E-state index in [0.29, 0.717) is 11.6 Å². The van der Waals surface area contributed by atoms with Crippen LogP contribution in [0.25, 0.3) is 0 Å². The molecule has 1 atom stereocenters. The highest BCUT2D eigenvalue weighted by Gasteiger charge is 2.29. The second kappa shape index (κ2) is 7.09. The molecule has 0 spiro atoms. The Balaban J connectivity index is 2.07. The first kappa shape index (κ1) is 16.7. The Morgan fingerprint density at radius 3 is 2.57 bits per heavy atom. The Morgan fingerprint density at radius 2 is 2.00 bits per heavy atom. The number of hydrogen-bond donors (Lipinski definition) is 1. The summed E-state index contributed by atoms with van der Waals surface area (Å²) in [5, 5.41) is 0.442. The third-order valence-corrected chi connectivity index (χ3v) is 6.23. The van der Waals surface area contributed by atoms with E-state index in [1.807, 2.05) is 43.3 Å². The summed E-state index contributed by atoms with van der Waals surface area (Å²) >= 11 is 6.03.